The summed E-state index contributed by atoms with van der Waals surface area (Å²) in [4.78, 5) is 18.8. The number of nitrogens with one attached hydrogen (secondary N) is 1. The van der Waals surface area contributed by atoms with E-state index in [4.69, 9.17) is 0 Å². The van der Waals surface area contributed by atoms with Crippen molar-refractivity contribution >= 4 is 61.3 Å². The third-order valence-electron chi connectivity index (χ3n) is 2.49. The summed E-state index contributed by atoms with van der Waals surface area (Å²) < 4.78 is 9.51. The summed E-state index contributed by atoms with van der Waals surface area (Å²) in [5.41, 5.74) is 1.59. The van der Waals surface area contributed by atoms with Gasteiger partial charge in [0.15, 0.2) is 0 Å². The molecule has 0 unspecified atom stereocenters. The van der Waals surface area contributed by atoms with E-state index < -0.39 is 10.1 Å². The van der Waals surface area contributed by atoms with Gasteiger partial charge in [-0.05, 0) is 51.8 Å². The van der Waals surface area contributed by atoms with Gasteiger partial charge in [-0.3, -0.25) is 19.7 Å². The molecule has 0 saturated carbocycles. The molecular weight excluding hydrogens is 385 g/mol. The second-order valence-corrected chi connectivity index (χ2v) is 11.5. The first-order chi connectivity index (χ1) is 10.6. The number of nitro groups is 1. The van der Waals surface area contributed by atoms with Crippen molar-refractivity contribution in [2.75, 3.05) is 11.9 Å². The zero-order valence-corrected chi connectivity index (χ0v) is 15.4. The third kappa shape index (κ3) is 7.31. The fourth-order valence-corrected chi connectivity index (χ4v) is 1.63. The molecule has 0 aliphatic rings. The molecular formula is C12H14Cl3N4O3P. The van der Waals surface area contributed by atoms with Gasteiger partial charge in [-0.15, -0.1) is 0 Å². The summed E-state index contributed by atoms with van der Waals surface area (Å²) in [5.74, 6) is 0.386. The lowest BCUT2D eigenvalue weighted by Crippen LogP contribution is -2.10. The molecule has 0 aliphatic heterocycles. The van der Waals surface area contributed by atoms with E-state index in [2.05, 4.69) is 49.0 Å². The summed E-state index contributed by atoms with van der Waals surface area (Å²) >= 11 is 13.8. The lowest BCUT2D eigenvalue weighted by Gasteiger charge is -2.10. The maximum absolute atomic E-state index is 11.0. The van der Waals surface area contributed by atoms with Crippen LogP contribution in [-0.4, -0.2) is 21.4 Å². The lowest BCUT2D eigenvalue weighted by atomic mass is 10.2. The monoisotopic (exact) mass is 398 g/mol. The van der Waals surface area contributed by atoms with Crippen molar-refractivity contribution in [2.45, 2.75) is 13.8 Å². The third-order valence-corrected chi connectivity index (χ3v) is 2.49. The molecule has 0 bridgehead atoms. The van der Waals surface area contributed by atoms with Crippen LogP contribution in [0.25, 0.3) is 11.0 Å². The fourth-order valence-electron chi connectivity index (χ4n) is 1.63. The van der Waals surface area contributed by atoms with Crippen molar-refractivity contribution in [3.8, 4) is 0 Å². The molecule has 23 heavy (non-hydrogen) atoms. The zero-order chi connectivity index (χ0) is 17.6. The second kappa shape index (κ2) is 8.64. The normalized spacial score (nSPS) is 11.0. The topological polar surface area (TPSA) is 98.0 Å². The number of hydrogen-bond donors (Lipinski definition) is 1. The second-order valence-electron chi connectivity index (χ2n) is 4.82. The highest BCUT2D eigenvalue weighted by Gasteiger charge is 2.18. The molecule has 126 valence electrons. The van der Waals surface area contributed by atoms with Gasteiger partial charge in [-0.25, -0.2) is 4.98 Å². The van der Waals surface area contributed by atoms with Gasteiger partial charge >= 0.3 is 10.9 Å². The Balaban J connectivity index is 0.000000463. The van der Waals surface area contributed by atoms with Gasteiger partial charge in [0, 0.05) is 12.7 Å². The molecule has 2 aromatic rings. The van der Waals surface area contributed by atoms with E-state index in [-0.39, 0.29) is 5.69 Å². The minimum absolute atomic E-state index is 0.0400. The summed E-state index contributed by atoms with van der Waals surface area (Å²) in [6.45, 7) is 4.72. The standard InChI is InChI=1S/C12H14N4O2.Cl3OP/c1-8(2)6-15-12-10(16(17)18)7-14-9-4-3-5-13-11(9)12;1-5(2,3)4/h3-5,7-8H,6H2,1-2H3,(H,14,15);. The van der Waals surface area contributed by atoms with Crippen molar-refractivity contribution in [3.05, 3.63) is 34.6 Å². The Morgan fingerprint density at radius 2 is 1.96 bits per heavy atom. The quantitative estimate of drug-likeness (QED) is 0.419. The van der Waals surface area contributed by atoms with Gasteiger partial charge in [0.25, 0.3) is 0 Å². The highest BCUT2D eigenvalue weighted by Crippen LogP contribution is 2.61. The predicted molar refractivity (Wildman–Crippen MR) is 94.7 cm³/mol. The maximum atomic E-state index is 11.0. The van der Waals surface area contributed by atoms with Gasteiger partial charge in [-0.1, -0.05) is 13.8 Å². The van der Waals surface area contributed by atoms with E-state index in [1.807, 2.05) is 13.8 Å². The Kier molecular flexibility index (Phi) is 7.48. The van der Waals surface area contributed by atoms with E-state index in [1.54, 1.807) is 18.3 Å². The number of aromatic nitrogens is 2. The Morgan fingerprint density at radius 1 is 1.35 bits per heavy atom. The van der Waals surface area contributed by atoms with Gasteiger partial charge in [0.2, 0.25) is 0 Å². The van der Waals surface area contributed by atoms with Gasteiger partial charge < -0.3 is 5.32 Å². The highest BCUT2D eigenvalue weighted by atomic mass is 36.0. The van der Waals surface area contributed by atoms with Crippen LogP contribution in [0.4, 0.5) is 11.4 Å². The van der Waals surface area contributed by atoms with Crippen LogP contribution in [0.15, 0.2) is 24.5 Å². The molecule has 0 aliphatic carbocycles. The van der Waals surface area contributed by atoms with E-state index >= 15 is 0 Å². The van der Waals surface area contributed by atoms with Crippen molar-refractivity contribution in [1.29, 1.82) is 0 Å². The average molecular weight is 400 g/mol. The smallest absolute Gasteiger partial charge is 0.339 e. The Bertz CT molecular complexity index is 730. The first-order valence-corrected chi connectivity index (χ1v) is 10.8. The molecule has 2 heterocycles. The average Bonchev–Trinajstić information content (AvgIpc) is 2.42. The molecule has 1 N–H and O–H groups in total. The van der Waals surface area contributed by atoms with Crippen molar-refractivity contribution < 1.29 is 9.49 Å². The molecule has 2 rings (SSSR count). The number of hydrogen-bond acceptors (Lipinski definition) is 6. The van der Waals surface area contributed by atoms with Crippen LogP contribution < -0.4 is 5.32 Å². The lowest BCUT2D eigenvalue weighted by molar-refractivity contribution is -0.384. The Labute approximate surface area is 147 Å². The fraction of sp³-hybridized carbons (Fsp3) is 0.333. The van der Waals surface area contributed by atoms with Crippen molar-refractivity contribution in [3.63, 3.8) is 0 Å². The minimum atomic E-state index is -3.22. The number of nitrogens with zero attached hydrogens (tertiary/aromatic N) is 3. The molecule has 0 spiro atoms. The summed E-state index contributed by atoms with van der Waals surface area (Å²) in [6.07, 6.45) is 2.88. The van der Waals surface area contributed by atoms with Gasteiger partial charge in [0.05, 0.1) is 10.4 Å². The number of rotatable bonds is 4. The minimum Gasteiger partial charge on any atom is -0.377 e. The molecule has 7 nitrogen and oxygen atoms in total. The SMILES string of the molecule is CC(C)CNc1c([N+](=O)[O-])cnc2cccnc12.O=P(Cl)(Cl)Cl. The number of halogens is 3. The van der Waals surface area contributed by atoms with Crippen LogP contribution in [0.3, 0.4) is 0 Å². The van der Waals surface area contributed by atoms with E-state index in [0.29, 0.717) is 29.2 Å². The van der Waals surface area contributed by atoms with Gasteiger partial charge in [-0.2, -0.15) is 0 Å². The molecule has 11 heteroatoms. The molecule has 0 aromatic carbocycles. The molecule has 0 radical (unpaired) electrons. The van der Waals surface area contributed by atoms with E-state index in [1.165, 1.54) is 6.20 Å². The largest absolute Gasteiger partial charge is 0.377 e. The molecule has 0 fully saturated rings. The maximum Gasteiger partial charge on any atom is 0.339 e. The summed E-state index contributed by atoms with van der Waals surface area (Å²) in [7, 11) is 0. The predicted octanol–water partition coefficient (Wildman–Crippen LogP) is 5.42. The Morgan fingerprint density at radius 3 is 2.48 bits per heavy atom. The van der Waals surface area contributed by atoms with Crippen LogP contribution in [0.1, 0.15) is 13.8 Å². The van der Waals surface area contributed by atoms with Crippen molar-refractivity contribution in [1.82, 2.24) is 9.97 Å². The van der Waals surface area contributed by atoms with Crippen molar-refractivity contribution in [2.24, 2.45) is 5.92 Å². The van der Waals surface area contributed by atoms with E-state index in [9.17, 15) is 14.7 Å². The first-order valence-electron chi connectivity index (χ1n) is 6.40. The van der Waals surface area contributed by atoms with Crippen LogP contribution in [0.5, 0.6) is 0 Å². The Hall–Kier alpha value is -1.14. The molecule has 2 aromatic heterocycles. The zero-order valence-electron chi connectivity index (χ0n) is 12.2. The first kappa shape index (κ1) is 19.9. The summed E-state index contributed by atoms with van der Waals surface area (Å²) in [6, 6.07) is 3.54. The molecule has 0 saturated heterocycles. The molecule has 0 atom stereocenters. The van der Waals surface area contributed by atoms with Crippen LogP contribution in [-0.2, 0) is 4.57 Å². The molecule has 0 amide bonds. The van der Waals surface area contributed by atoms with Crippen LogP contribution >= 0.6 is 38.9 Å². The number of anilines is 1. The van der Waals surface area contributed by atoms with E-state index in [0.717, 1.165) is 0 Å². The number of pyridine rings is 2. The van der Waals surface area contributed by atoms with Crippen LogP contribution in [0, 0.1) is 16.0 Å². The van der Waals surface area contributed by atoms with Gasteiger partial charge in [0.1, 0.15) is 17.4 Å². The highest BCUT2D eigenvalue weighted by molar-refractivity contribution is 8.24. The summed E-state index contributed by atoms with van der Waals surface area (Å²) in [5, 5.41) is 10.9. The van der Waals surface area contributed by atoms with Crippen LogP contribution in [0.2, 0.25) is 0 Å². The number of fused-ring (bicyclic) bond motifs is 1.